The van der Waals surface area contributed by atoms with Crippen LogP contribution in [0, 0.1) is 5.92 Å². The van der Waals surface area contributed by atoms with Crippen LogP contribution in [-0.2, 0) is 4.74 Å². The number of carbonyl (C=O) groups excluding carboxylic acids is 1. The van der Waals surface area contributed by atoms with Crippen molar-refractivity contribution in [2.45, 2.75) is 25.8 Å². The zero-order chi connectivity index (χ0) is 19.1. The summed E-state index contributed by atoms with van der Waals surface area (Å²) in [4.78, 5) is 23.7. The molecule has 8 heteroatoms. The average molecular weight is 398 g/mol. The highest BCUT2D eigenvalue weighted by atomic mass is 32.1. The Morgan fingerprint density at radius 2 is 2.32 bits per heavy atom. The summed E-state index contributed by atoms with van der Waals surface area (Å²) in [6.07, 6.45) is 4.18. The van der Waals surface area contributed by atoms with E-state index in [0.29, 0.717) is 41.2 Å². The minimum atomic E-state index is -0.358. The molecule has 28 heavy (non-hydrogen) atoms. The van der Waals surface area contributed by atoms with Gasteiger partial charge in [-0.1, -0.05) is 0 Å². The molecule has 0 aliphatic carbocycles. The number of anilines is 1. The minimum absolute atomic E-state index is 0.330. The molecular formula is C20H22N4O3S. The second-order valence-electron chi connectivity index (χ2n) is 7.38. The second-order valence-corrected chi connectivity index (χ2v) is 8.27. The van der Waals surface area contributed by atoms with E-state index in [-0.39, 0.29) is 5.97 Å². The second kappa shape index (κ2) is 7.18. The van der Waals surface area contributed by atoms with Gasteiger partial charge in [-0.25, -0.2) is 9.78 Å². The predicted octanol–water partition coefficient (Wildman–Crippen LogP) is 3.32. The number of hydrogen-bond acceptors (Lipinski definition) is 8. The highest BCUT2D eigenvalue weighted by molar-refractivity contribution is 7.13. The fourth-order valence-electron chi connectivity index (χ4n) is 4.10. The van der Waals surface area contributed by atoms with E-state index in [1.54, 1.807) is 25.3 Å². The van der Waals surface area contributed by atoms with Crippen molar-refractivity contribution in [3.05, 3.63) is 29.3 Å². The molecule has 2 bridgehead atoms. The summed E-state index contributed by atoms with van der Waals surface area (Å²) < 4.78 is 11.4. The zero-order valence-electron chi connectivity index (χ0n) is 15.7. The SMILES string of the molecule is CCOC(=O)c1cc(-c2nccs2)c2oc(N3CC4CCC(C3)NC4)nc2c1. The molecule has 3 fully saturated rings. The number of piperidine rings is 1. The summed E-state index contributed by atoms with van der Waals surface area (Å²) in [7, 11) is 0. The van der Waals surface area contributed by atoms with Crippen LogP contribution < -0.4 is 10.2 Å². The van der Waals surface area contributed by atoms with Gasteiger partial charge in [0, 0.05) is 30.7 Å². The van der Waals surface area contributed by atoms with E-state index < -0.39 is 0 Å². The molecule has 3 aliphatic heterocycles. The van der Waals surface area contributed by atoms with Gasteiger partial charge in [-0.2, -0.15) is 4.98 Å². The number of oxazole rings is 1. The summed E-state index contributed by atoms with van der Waals surface area (Å²) in [5.41, 5.74) is 2.58. The van der Waals surface area contributed by atoms with Gasteiger partial charge in [0.2, 0.25) is 0 Å². The highest BCUT2D eigenvalue weighted by Gasteiger charge is 2.31. The van der Waals surface area contributed by atoms with Crippen LogP contribution >= 0.6 is 11.3 Å². The molecule has 1 N–H and O–H groups in total. The molecule has 146 valence electrons. The van der Waals surface area contributed by atoms with Gasteiger partial charge in [-0.15, -0.1) is 11.3 Å². The Morgan fingerprint density at radius 3 is 3.07 bits per heavy atom. The van der Waals surface area contributed by atoms with Crippen LogP contribution in [0.2, 0.25) is 0 Å². The van der Waals surface area contributed by atoms with Crippen LogP contribution in [-0.4, -0.2) is 48.2 Å². The Hall–Kier alpha value is -2.45. The van der Waals surface area contributed by atoms with Crippen molar-refractivity contribution >= 4 is 34.4 Å². The number of nitrogens with one attached hydrogen (secondary N) is 1. The van der Waals surface area contributed by atoms with Crippen molar-refractivity contribution in [1.82, 2.24) is 15.3 Å². The molecule has 2 unspecified atom stereocenters. The molecule has 6 rings (SSSR count). The number of aromatic nitrogens is 2. The van der Waals surface area contributed by atoms with Crippen LogP contribution in [0.3, 0.4) is 0 Å². The Kier molecular flexibility index (Phi) is 4.52. The van der Waals surface area contributed by atoms with Gasteiger partial charge in [0.15, 0.2) is 5.58 Å². The maximum atomic E-state index is 12.3. The summed E-state index contributed by atoms with van der Waals surface area (Å²) in [6.45, 7) is 5.01. The molecule has 2 atom stereocenters. The number of fused-ring (bicyclic) bond motifs is 5. The number of ether oxygens (including phenoxy) is 1. The van der Waals surface area contributed by atoms with Gasteiger partial charge >= 0.3 is 5.97 Å². The van der Waals surface area contributed by atoms with Crippen molar-refractivity contribution < 1.29 is 13.9 Å². The van der Waals surface area contributed by atoms with E-state index in [9.17, 15) is 4.79 Å². The van der Waals surface area contributed by atoms with Gasteiger partial charge in [0.05, 0.1) is 17.7 Å². The number of esters is 1. The number of carbonyl (C=O) groups is 1. The standard InChI is InChI=1S/C20H22N4O3S/c1-2-26-19(25)13-7-15(18-21-5-6-28-18)17-16(8-13)23-20(27-17)24-10-12-3-4-14(11-24)22-9-12/h5-8,12,14,22H,2-4,9-11H2,1H3. The van der Waals surface area contributed by atoms with E-state index in [0.717, 1.165) is 30.2 Å². The maximum Gasteiger partial charge on any atom is 0.338 e. The summed E-state index contributed by atoms with van der Waals surface area (Å²) in [5, 5.41) is 6.32. The number of hydrogen-bond donors (Lipinski definition) is 1. The van der Waals surface area contributed by atoms with Crippen molar-refractivity contribution in [2.24, 2.45) is 5.92 Å². The van der Waals surface area contributed by atoms with E-state index in [4.69, 9.17) is 14.1 Å². The van der Waals surface area contributed by atoms with Crippen molar-refractivity contribution in [2.75, 3.05) is 31.1 Å². The van der Waals surface area contributed by atoms with Gasteiger partial charge in [0.1, 0.15) is 10.5 Å². The number of benzene rings is 1. The molecule has 7 nitrogen and oxygen atoms in total. The molecule has 0 radical (unpaired) electrons. The van der Waals surface area contributed by atoms with Gasteiger partial charge in [-0.3, -0.25) is 0 Å². The van der Waals surface area contributed by atoms with E-state index >= 15 is 0 Å². The number of rotatable bonds is 4. The first-order valence-corrected chi connectivity index (χ1v) is 10.6. The van der Waals surface area contributed by atoms with E-state index in [1.807, 2.05) is 5.38 Å². The van der Waals surface area contributed by atoms with Gasteiger partial charge in [-0.05, 0) is 44.4 Å². The zero-order valence-corrected chi connectivity index (χ0v) is 16.5. The Labute approximate surface area is 166 Å². The Balaban J connectivity index is 1.59. The van der Waals surface area contributed by atoms with Crippen molar-refractivity contribution in [1.29, 1.82) is 0 Å². The third-order valence-corrected chi connectivity index (χ3v) is 6.27. The highest BCUT2D eigenvalue weighted by Crippen LogP contribution is 2.35. The number of thiazole rings is 1. The monoisotopic (exact) mass is 398 g/mol. The summed E-state index contributed by atoms with van der Waals surface area (Å²) in [5.74, 6) is 0.256. The van der Waals surface area contributed by atoms with Crippen LogP contribution in [0.5, 0.6) is 0 Å². The molecule has 3 aromatic rings. The van der Waals surface area contributed by atoms with Gasteiger partial charge < -0.3 is 19.4 Å². The first-order chi connectivity index (χ1) is 13.7. The lowest BCUT2D eigenvalue weighted by atomic mass is 9.97. The van der Waals surface area contributed by atoms with E-state index in [2.05, 4.69) is 15.2 Å². The molecule has 2 aromatic heterocycles. The van der Waals surface area contributed by atoms with Crippen LogP contribution in [0.1, 0.15) is 30.1 Å². The normalized spacial score (nSPS) is 21.8. The topological polar surface area (TPSA) is 80.5 Å². The minimum Gasteiger partial charge on any atom is -0.462 e. The molecule has 0 amide bonds. The van der Waals surface area contributed by atoms with Crippen molar-refractivity contribution in [3.63, 3.8) is 0 Å². The Bertz CT molecular complexity index is 978. The lowest BCUT2D eigenvalue weighted by Gasteiger charge is -2.22. The molecule has 3 aliphatic rings. The third-order valence-electron chi connectivity index (χ3n) is 5.46. The summed E-state index contributed by atoms with van der Waals surface area (Å²) >= 11 is 1.51. The summed E-state index contributed by atoms with van der Waals surface area (Å²) in [6, 6.07) is 4.64. The molecule has 3 saturated heterocycles. The van der Waals surface area contributed by atoms with E-state index in [1.165, 1.54) is 24.2 Å². The van der Waals surface area contributed by atoms with Crippen LogP contribution in [0.15, 0.2) is 28.1 Å². The average Bonchev–Trinajstić information content (AvgIpc) is 3.30. The fourth-order valence-corrected chi connectivity index (χ4v) is 4.75. The maximum absolute atomic E-state index is 12.3. The Morgan fingerprint density at radius 1 is 1.39 bits per heavy atom. The quantitative estimate of drug-likeness (QED) is 0.675. The number of nitrogens with zero attached hydrogens (tertiary/aromatic N) is 3. The molecular weight excluding hydrogens is 376 g/mol. The molecule has 5 heterocycles. The third kappa shape index (κ3) is 3.16. The van der Waals surface area contributed by atoms with Crippen molar-refractivity contribution in [3.8, 4) is 10.6 Å². The molecule has 1 aromatic carbocycles. The lowest BCUT2D eigenvalue weighted by molar-refractivity contribution is 0.0526. The fraction of sp³-hybridized carbons (Fsp3) is 0.450. The first kappa shape index (κ1) is 17.6. The van der Waals surface area contributed by atoms with Crippen LogP contribution in [0.4, 0.5) is 6.01 Å². The van der Waals surface area contributed by atoms with Crippen LogP contribution in [0.25, 0.3) is 21.7 Å². The first-order valence-electron chi connectivity index (χ1n) is 9.71. The largest absolute Gasteiger partial charge is 0.462 e. The smallest absolute Gasteiger partial charge is 0.338 e. The molecule has 0 spiro atoms. The predicted molar refractivity (Wildman–Crippen MR) is 108 cm³/mol. The van der Waals surface area contributed by atoms with Gasteiger partial charge in [0.25, 0.3) is 6.01 Å². The lowest BCUT2D eigenvalue weighted by Crippen LogP contribution is -2.39. The molecule has 0 saturated carbocycles.